The molecular weight excluding hydrogens is 352 g/mol. The third kappa shape index (κ3) is 4.27. The third-order valence-corrected chi connectivity index (χ3v) is 5.10. The van der Waals surface area contributed by atoms with E-state index < -0.39 is 20.7 Å². The second-order valence-corrected chi connectivity index (χ2v) is 7.15. The molecular formula is C11H13BrN2O5S. The average molecular weight is 365 g/mol. The molecule has 0 bridgehead atoms. The number of nitro groups is 1. The van der Waals surface area contributed by atoms with E-state index in [0.29, 0.717) is 0 Å². The summed E-state index contributed by atoms with van der Waals surface area (Å²) in [5.74, 6) is -0.725. The number of nitrogens with zero attached hydrogens (tertiary/aromatic N) is 1. The Morgan fingerprint density at radius 1 is 1.45 bits per heavy atom. The highest BCUT2D eigenvalue weighted by Gasteiger charge is 2.19. The van der Waals surface area contributed by atoms with Gasteiger partial charge in [-0.25, -0.2) is 8.42 Å². The highest BCUT2D eigenvalue weighted by molar-refractivity contribution is 9.10. The van der Waals surface area contributed by atoms with Gasteiger partial charge >= 0.3 is 0 Å². The average Bonchev–Trinajstić information content (AvgIpc) is 2.38. The lowest BCUT2D eigenvalue weighted by atomic mass is 10.2. The molecule has 0 aromatic heterocycles. The summed E-state index contributed by atoms with van der Waals surface area (Å²) < 4.78 is 22.6. The van der Waals surface area contributed by atoms with Gasteiger partial charge in [-0.3, -0.25) is 14.9 Å². The molecule has 0 saturated heterocycles. The first-order chi connectivity index (χ1) is 9.28. The van der Waals surface area contributed by atoms with E-state index in [0.717, 1.165) is 0 Å². The van der Waals surface area contributed by atoms with Crippen LogP contribution < -0.4 is 5.32 Å². The van der Waals surface area contributed by atoms with E-state index in [1.54, 1.807) is 0 Å². The molecule has 0 radical (unpaired) electrons. The number of benzene rings is 1. The first-order valence-corrected chi connectivity index (χ1v) is 8.31. The van der Waals surface area contributed by atoms with Crippen molar-refractivity contribution in [2.24, 2.45) is 0 Å². The van der Waals surface area contributed by atoms with Gasteiger partial charge in [-0.1, -0.05) is 13.0 Å². The molecule has 0 heterocycles. The topological polar surface area (TPSA) is 106 Å². The van der Waals surface area contributed by atoms with Crippen LogP contribution in [-0.2, 0) is 9.84 Å². The first kappa shape index (κ1) is 16.6. The summed E-state index contributed by atoms with van der Waals surface area (Å²) in [6.07, 6.45) is 0. The van der Waals surface area contributed by atoms with Crippen LogP contribution in [0.1, 0.15) is 17.3 Å². The SMILES string of the molecule is CCS(=O)(=O)CCNC(=O)c1cccc([N+](=O)[O-])c1Br. The number of carbonyl (C=O) groups excluding carboxylic acids is 1. The second-order valence-electron chi connectivity index (χ2n) is 3.89. The number of rotatable bonds is 6. The zero-order valence-electron chi connectivity index (χ0n) is 10.6. The normalized spacial score (nSPS) is 11.1. The minimum Gasteiger partial charge on any atom is -0.351 e. The molecule has 1 amide bonds. The van der Waals surface area contributed by atoms with Crippen molar-refractivity contribution in [2.45, 2.75) is 6.92 Å². The fourth-order valence-electron chi connectivity index (χ4n) is 1.40. The van der Waals surface area contributed by atoms with Gasteiger partial charge in [-0.15, -0.1) is 0 Å². The van der Waals surface area contributed by atoms with Crippen LogP contribution in [0.5, 0.6) is 0 Å². The molecule has 20 heavy (non-hydrogen) atoms. The maximum atomic E-state index is 11.9. The van der Waals surface area contributed by atoms with Gasteiger partial charge in [-0.2, -0.15) is 0 Å². The molecule has 1 aromatic carbocycles. The Morgan fingerprint density at radius 2 is 2.10 bits per heavy atom. The van der Waals surface area contributed by atoms with E-state index in [2.05, 4.69) is 21.2 Å². The van der Waals surface area contributed by atoms with Crippen LogP contribution in [0.4, 0.5) is 5.69 Å². The summed E-state index contributed by atoms with van der Waals surface area (Å²) in [7, 11) is -3.16. The van der Waals surface area contributed by atoms with Crippen LogP contribution in [0.25, 0.3) is 0 Å². The van der Waals surface area contributed by atoms with Crippen LogP contribution in [-0.4, -0.2) is 37.3 Å². The molecule has 0 aliphatic rings. The molecule has 0 fully saturated rings. The number of carbonyl (C=O) groups is 1. The Balaban J connectivity index is 2.79. The lowest BCUT2D eigenvalue weighted by molar-refractivity contribution is -0.385. The van der Waals surface area contributed by atoms with Crippen molar-refractivity contribution in [2.75, 3.05) is 18.1 Å². The molecule has 0 spiro atoms. The van der Waals surface area contributed by atoms with Crippen molar-refractivity contribution in [3.05, 3.63) is 38.3 Å². The number of hydrogen-bond donors (Lipinski definition) is 1. The van der Waals surface area contributed by atoms with Gasteiger partial charge in [0, 0.05) is 18.4 Å². The number of hydrogen-bond acceptors (Lipinski definition) is 5. The van der Waals surface area contributed by atoms with Crippen LogP contribution >= 0.6 is 15.9 Å². The predicted molar refractivity (Wildman–Crippen MR) is 77.5 cm³/mol. The summed E-state index contributed by atoms with van der Waals surface area (Å²) >= 11 is 3.01. The van der Waals surface area contributed by atoms with Crippen molar-refractivity contribution in [1.29, 1.82) is 0 Å². The zero-order chi connectivity index (χ0) is 15.3. The maximum absolute atomic E-state index is 11.9. The zero-order valence-corrected chi connectivity index (χ0v) is 13.0. The van der Waals surface area contributed by atoms with Crippen molar-refractivity contribution in [1.82, 2.24) is 5.32 Å². The minimum absolute atomic E-state index is 0.00335. The van der Waals surface area contributed by atoms with Crippen molar-refractivity contribution >= 4 is 37.4 Å². The molecule has 110 valence electrons. The monoisotopic (exact) mass is 364 g/mol. The van der Waals surface area contributed by atoms with E-state index in [9.17, 15) is 23.3 Å². The lowest BCUT2D eigenvalue weighted by Crippen LogP contribution is -2.29. The van der Waals surface area contributed by atoms with Gasteiger partial charge in [-0.05, 0) is 22.0 Å². The fourth-order valence-corrected chi connectivity index (χ4v) is 2.69. The number of halogens is 1. The van der Waals surface area contributed by atoms with Crippen molar-refractivity contribution < 1.29 is 18.1 Å². The quantitative estimate of drug-likeness (QED) is 0.608. The Morgan fingerprint density at radius 3 is 2.65 bits per heavy atom. The van der Waals surface area contributed by atoms with Gasteiger partial charge in [0.1, 0.15) is 4.47 Å². The fraction of sp³-hybridized carbons (Fsp3) is 0.364. The maximum Gasteiger partial charge on any atom is 0.284 e. The Kier molecular flexibility index (Phi) is 5.63. The molecule has 9 heteroatoms. The number of amides is 1. The highest BCUT2D eigenvalue weighted by Crippen LogP contribution is 2.28. The van der Waals surface area contributed by atoms with Crippen molar-refractivity contribution in [3.63, 3.8) is 0 Å². The molecule has 0 aliphatic carbocycles. The first-order valence-electron chi connectivity index (χ1n) is 5.70. The summed E-state index contributed by atoms with van der Waals surface area (Å²) in [5.41, 5.74) is -0.132. The van der Waals surface area contributed by atoms with E-state index in [4.69, 9.17) is 0 Å². The molecule has 1 rings (SSSR count). The summed E-state index contributed by atoms with van der Waals surface area (Å²) in [5, 5.41) is 13.2. The Hall–Kier alpha value is -1.48. The molecule has 7 nitrogen and oxygen atoms in total. The second kappa shape index (κ2) is 6.80. The smallest absolute Gasteiger partial charge is 0.284 e. The van der Waals surface area contributed by atoms with Gasteiger partial charge < -0.3 is 5.32 Å². The standard InChI is InChI=1S/C11H13BrN2O5S/c1-2-20(18,19)7-6-13-11(15)8-4-3-5-9(10(8)12)14(16)17/h3-5H,2,6-7H2,1H3,(H,13,15). The van der Waals surface area contributed by atoms with Gasteiger partial charge in [0.25, 0.3) is 11.6 Å². The van der Waals surface area contributed by atoms with Crippen molar-refractivity contribution in [3.8, 4) is 0 Å². The van der Waals surface area contributed by atoms with E-state index in [1.807, 2.05) is 0 Å². The van der Waals surface area contributed by atoms with Crippen LogP contribution in [0.3, 0.4) is 0 Å². The van der Waals surface area contributed by atoms with E-state index in [-0.39, 0.29) is 33.8 Å². The number of nitrogens with one attached hydrogen (secondary N) is 1. The lowest BCUT2D eigenvalue weighted by Gasteiger charge is -2.07. The van der Waals surface area contributed by atoms with Gasteiger partial charge in [0.15, 0.2) is 9.84 Å². The van der Waals surface area contributed by atoms with Crippen LogP contribution in [0.2, 0.25) is 0 Å². The summed E-state index contributed by atoms with van der Waals surface area (Å²) in [6.45, 7) is 1.48. The Bertz CT molecular complexity index is 630. The van der Waals surface area contributed by atoms with Crippen LogP contribution in [0, 0.1) is 10.1 Å². The minimum atomic E-state index is -3.16. The molecule has 0 saturated carbocycles. The summed E-state index contributed by atoms with van der Waals surface area (Å²) in [6, 6.07) is 4.07. The molecule has 1 N–H and O–H groups in total. The molecule has 0 aliphatic heterocycles. The van der Waals surface area contributed by atoms with Gasteiger partial charge in [0.05, 0.1) is 16.2 Å². The molecule has 1 aromatic rings. The number of nitro benzene ring substituents is 1. The van der Waals surface area contributed by atoms with E-state index >= 15 is 0 Å². The highest BCUT2D eigenvalue weighted by atomic mass is 79.9. The molecule has 0 unspecified atom stereocenters. The van der Waals surface area contributed by atoms with Gasteiger partial charge in [0.2, 0.25) is 0 Å². The molecule has 0 atom stereocenters. The summed E-state index contributed by atoms with van der Waals surface area (Å²) in [4.78, 5) is 22.0. The Labute approximate surface area is 124 Å². The number of sulfone groups is 1. The van der Waals surface area contributed by atoms with Crippen LogP contribution in [0.15, 0.2) is 22.7 Å². The largest absolute Gasteiger partial charge is 0.351 e. The third-order valence-electron chi connectivity index (χ3n) is 2.56. The predicted octanol–water partition coefficient (Wildman–Crippen LogP) is 1.52. The van der Waals surface area contributed by atoms with E-state index in [1.165, 1.54) is 25.1 Å².